The lowest BCUT2D eigenvalue weighted by Crippen LogP contribution is -2.51. The van der Waals surface area contributed by atoms with Crippen LogP contribution in [0.1, 0.15) is 99.8 Å². The number of imidazole rings is 2. The molecule has 2 saturated heterocycles. The van der Waals surface area contributed by atoms with Crippen molar-refractivity contribution in [1.82, 2.24) is 40.0 Å². The molecule has 3 N–H and O–H groups in total. The lowest BCUT2D eigenvalue weighted by molar-refractivity contribution is -0.138. The number of alkyl carbamates (subject to hydrolysis) is 1. The number of nitrogens with zero attached hydrogens (tertiary/aromatic N) is 5. The maximum absolute atomic E-state index is 16.5. The van der Waals surface area contributed by atoms with E-state index in [0.717, 1.165) is 60.6 Å². The molecule has 2 fully saturated rings. The molecule has 12 nitrogen and oxygen atoms in total. The third kappa shape index (κ3) is 8.16. The van der Waals surface area contributed by atoms with Gasteiger partial charge in [0.05, 0.1) is 43.0 Å². The van der Waals surface area contributed by atoms with Gasteiger partial charge in [0.1, 0.15) is 23.7 Å². The van der Waals surface area contributed by atoms with Crippen molar-refractivity contribution >= 4 is 17.9 Å². The van der Waals surface area contributed by atoms with Crippen molar-refractivity contribution < 1.29 is 27.9 Å². The van der Waals surface area contributed by atoms with Crippen LogP contribution in [0.2, 0.25) is 0 Å². The molecule has 4 atom stereocenters. The van der Waals surface area contributed by atoms with Crippen LogP contribution in [-0.2, 0) is 20.2 Å². The number of halogens is 2. The number of amides is 3. The van der Waals surface area contributed by atoms with E-state index in [-0.39, 0.29) is 47.0 Å². The predicted octanol–water partition coefficient (Wildman–Crippen LogP) is 10.0. The van der Waals surface area contributed by atoms with Crippen LogP contribution in [0.3, 0.4) is 0 Å². The number of carbonyl (C=O) groups is 3. The summed E-state index contributed by atoms with van der Waals surface area (Å²) in [4.78, 5) is 62.1. The number of hydrogen-bond acceptors (Lipinski definition) is 7. The van der Waals surface area contributed by atoms with Gasteiger partial charge in [0, 0.05) is 29.8 Å². The van der Waals surface area contributed by atoms with Crippen LogP contribution < -0.4 is 5.32 Å². The third-order valence-electron chi connectivity index (χ3n) is 13.7. The zero-order valence-electron chi connectivity index (χ0n) is 38.0. The van der Waals surface area contributed by atoms with E-state index < -0.39 is 18.1 Å². The first kappa shape index (κ1) is 44.5. The van der Waals surface area contributed by atoms with Crippen LogP contribution in [0.4, 0.5) is 13.6 Å². The highest BCUT2D eigenvalue weighted by atomic mass is 19.3. The molecule has 2 aliphatic heterocycles. The normalized spacial score (nSPS) is 18.4. The molecule has 0 bridgehead atoms. The number of rotatable bonds is 13. The molecule has 1 aliphatic carbocycles. The summed E-state index contributed by atoms with van der Waals surface area (Å²) in [7, 11) is 1.26. The van der Waals surface area contributed by atoms with Crippen LogP contribution in [0.5, 0.6) is 0 Å². The van der Waals surface area contributed by atoms with Gasteiger partial charge >= 0.3 is 6.09 Å². The van der Waals surface area contributed by atoms with Crippen LogP contribution in [0.25, 0.3) is 44.8 Å². The van der Waals surface area contributed by atoms with E-state index in [4.69, 9.17) is 9.72 Å². The number of H-pyrrole nitrogens is 2. The van der Waals surface area contributed by atoms with Gasteiger partial charge in [-0.25, -0.2) is 14.8 Å². The third-order valence-corrected chi connectivity index (χ3v) is 13.7. The summed E-state index contributed by atoms with van der Waals surface area (Å²) < 4.78 is 37.8. The molecular weight excluding hydrogens is 839 g/mol. The van der Waals surface area contributed by atoms with Crippen LogP contribution in [0.15, 0.2) is 103 Å². The molecule has 3 amide bonds. The molecule has 2 aromatic heterocycles. The fourth-order valence-electron chi connectivity index (χ4n) is 10.1. The molecule has 66 heavy (non-hydrogen) atoms. The van der Waals surface area contributed by atoms with Gasteiger partial charge in [-0.2, -0.15) is 8.78 Å². The topological polar surface area (TPSA) is 140 Å². The highest BCUT2D eigenvalue weighted by molar-refractivity contribution is 5.87. The molecule has 2 unspecified atom stereocenters. The molecule has 0 radical (unpaired) electrons. The SMILES string of the molecule is CCN(CC)C(C(=O)N1CCC[C@H]1c1ncc(-c2ccc(-c3ccc4c(c3)C(F)(F)c3cc(-c5cnc([C@@H]6CCCN6C(=O)C(NC(=O)OC)C(C)C)[nH]5)ccc3-4)cc2)[nH]1)c1ccccc1. The van der Waals surface area contributed by atoms with Gasteiger partial charge < -0.3 is 29.8 Å². The number of fused-ring (bicyclic) bond motifs is 3. The molecule has 3 aliphatic rings. The lowest BCUT2D eigenvalue weighted by Gasteiger charge is -2.34. The second-order valence-electron chi connectivity index (χ2n) is 17.8. The molecule has 0 saturated carbocycles. The quantitative estimate of drug-likeness (QED) is 0.105. The summed E-state index contributed by atoms with van der Waals surface area (Å²) in [6, 6.07) is 26.4. The molecule has 4 aromatic carbocycles. The van der Waals surface area contributed by atoms with Crippen molar-refractivity contribution in [3.63, 3.8) is 0 Å². The van der Waals surface area contributed by atoms with Crippen molar-refractivity contribution in [3.05, 3.63) is 132 Å². The average Bonchev–Trinajstić information content (AvgIpc) is 4.20. The number of aromatic amines is 2. The Bertz CT molecular complexity index is 2730. The second-order valence-corrected chi connectivity index (χ2v) is 17.8. The Hall–Kier alpha value is -6.67. The Balaban J connectivity index is 0.901. The summed E-state index contributed by atoms with van der Waals surface area (Å²) in [5.74, 6) is -2.25. The summed E-state index contributed by atoms with van der Waals surface area (Å²) >= 11 is 0. The fourth-order valence-corrected chi connectivity index (χ4v) is 10.1. The summed E-state index contributed by atoms with van der Waals surface area (Å²) in [6.45, 7) is 10.6. The second kappa shape index (κ2) is 18.3. The first-order valence-electron chi connectivity index (χ1n) is 23.0. The highest BCUT2D eigenvalue weighted by Gasteiger charge is 2.45. The molecule has 4 heterocycles. The number of ether oxygens (including phenoxy) is 1. The first-order chi connectivity index (χ1) is 31.9. The van der Waals surface area contributed by atoms with Crippen LogP contribution in [-0.4, -0.2) is 91.9 Å². The largest absolute Gasteiger partial charge is 0.453 e. The minimum absolute atomic E-state index is 0.0497. The Morgan fingerprint density at radius 2 is 1.26 bits per heavy atom. The minimum atomic E-state index is -3.25. The van der Waals surface area contributed by atoms with Crippen molar-refractivity contribution in [1.29, 1.82) is 0 Å². The highest BCUT2D eigenvalue weighted by Crippen LogP contribution is 2.53. The molecule has 342 valence electrons. The van der Waals surface area contributed by atoms with Gasteiger partial charge in [0.15, 0.2) is 0 Å². The van der Waals surface area contributed by atoms with Gasteiger partial charge in [-0.1, -0.05) is 107 Å². The maximum atomic E-state index is 16.5. The Labute approximate surface area is 383 Å². The van der Waals surface area contributed by atoms with Gasteiger partial charge in [0.25, 0.3) is 5.92 Å². The van der Waals surface area contributed by atoms with E-state index in [2.05, 4.69) is 39.0 Å². The maximum Gasteiger partial charge on any atom is 0.407 e. The first-order valence-corrected chi connectivity index (χ1v) is 23.0. The summed E-state index contributed by atoms with van der Waals surface area (Å²) in [6.07, 6.45) is 5.88. The van der Waals surface area contributed by atoms with Crippen LogP contribution >= 0.6 is 0 Å². The molecule has 9 rings (SSSR count). The van der Waals surface area contributed by atoms with Gasteiger partial charge in [-0.05, 0) is 90.2 Å². The van der Waals surface area contributed by atoms with E-state index in [1.165, 1.54) is 13.2 Å². The minimum Gasteiger partial charge on any atom is -0.453 e. The van der Waals surface area contributed by atoms with Crippen molar-refractivity contribution in [2.75, 3.05) is 33.3 Å². The number of aromatic nitrogens is 4. The summed E-state index contributed by atoms with van der Waals surface area (Å²) in [5, 5.41) is 2.66. The zero-order chi connectivity index (χ0) is 46.3. The lowest BCUT2D eigenvalue weighted by atomic mass is 9.97. The van der Waals surface area contributed by atoms with E-state index in [1.807, 2.05) is 85.5 Å². The van der Waals surface area contributed by atoms with Crippen molar-refractivity contribution in [3.8, 4) is 44.8 Å². The summed E-state index contributed by atoms with van der Waals surface area (Å²) in [5.41, 5.74) is 6.15. The number of benzene rings is 4. The number of likely N-dealkylation sites (tertiary alicyclic amines) is 2. The van der Waals surface area contributed by atoms with E-state index in [0.29, 0.717) is 53.3 Å². The Morgan fingerprint density at radius 3 is 1.82 bits per heavy atom. The zero-order valence-corrected chi connectivity index (χ0v) is 38.0. The molecule has 14 heteroatoms. The average molecular weight is 895 g/mol. The molecular formula is C52H56F2N8O4. The number of hydrogen-bond donors (Lipinski definition) is 3. The molecule has 6 aromatic rings. The van der Waals surface area contributed by atoms with Gasteiger partial charge in [-0.15, -0.1) is 0 Å². The van der Waals surface area contributed by atoms with Gasteiger partial charge in [0.2, 0.25) is 11.8 Å². The number of alkyl halides is 2. The number of carbonyl (C=O) groups excluding carboxylic acids is 3. The van der Waals surface area contributed by atoms with E-state index >= 15 is 8.78 Å². The van der Waals surface area contributed by atoms with Crippen LogP contribution in [0, 0.1) is 5.92 Å². The van der Waals surface area contributed by atoms with E-state index in [1.54, 1.807) is 35.5 Å². The Morgan fingerprint density at radius 1 is 0.742 bits per heavy atom. The number of nitrogens with one attached hydrogen (secondary N) is 3. The van der Waals surface area contributed by atoms with E-state index in [9.17, 15) is 14.4 Å². The van der Waals surface area contributed by atoms with Crippen molar-refractivity contribution in [2.45, 2.75) is 83.5 Å². The van der Waals surface area contributed by atoms with Gasteiger partial charge in [-0.3, -0.25) is 14.5 Å². The van der Waals surface area contributed by atoms with Crippen molar-refractivity contribution in [2.24, 2.45) is 5.92 Å². The monoisotopic (exact) mass is 894 g/mol. The fraction of sp³-hybridized carbons (Fsp3) is 0.365. The predicted molar refractivity (Wildman–Crippen MR) is 249 cm³/mol. The number of likely N-dealkylation sites (N-methyl/N-ethyl adjacent to an activating group) is 1. The smallest absolute Gasteiger partial charge is 0.407 e. The Kier molecular flexibility index (Phi) is 12.4. The molecule has 0 spiro atoms. The number of methoxy groups -OCH3 is 1. The standard InChI is InChI=1S/C52H56F2N8O4/c1-6-60(7-2)46(34-13-9-8-10-14-34)50(64)62-26-12-16-44(62)48-55-29-41(57-48)33-19-17-32(18-20-33)35-21-23-37-38-24-22-36(28-40(38)52(53,54)39(37)27-35)42-30-56-47(58-42)43-15-11-25-61(43)49(63)45(31(3)4)59-51(65)66-5/h8-10,13-14,17-24,27-31,43-46H,6-7,11-12,15-16,25-26H2,1-5H3,(H,55,57)(H,56,58)(H,59,65)/t43-,44-,45?,46?/m0/s1.